The summed E-state index contributed by atoms with van der Waals surface area (Å²) in [4.78, 5) is 11.0. The van der Waals surface area contributed by atoms with E-state index >= 15 is 0 Å². The van der Waals surface area contributed by atoms with Crippen LogP contribution < -0.4 is 0 Å². The van der Waals surface area contributed by atoms with E-state index in [-0.39, 0.29) is 0 Å². The van der Waals surface area contributed by atoms with Gasteiger partial charge in [0.15, 0.2) is 0 Å². The highest BCUT2D eigenvalue weighted by Crippen LogP contribution is 2.21. The molecule has 2 rings (SSSR count). The van der Waals surface area contributed by atoms with Crippen molar-refractivity contribution in [1.82, 2.24) is 9.78 Å². The average molecular weight is 230 g/mol. The SMILES string of the molecule is CCn1cc(-c2cc(C)cc(C(=O)O)c2)cn1. The number of benzene rings is 1. The maximum absolute atomic E-state index is 11.0. The minimum atomic E-state index is -0.905. The lowest BCUT2D eigenvalue weighted by atomic mass is 10.0. The quantitative estimate of drug-likeness (QED) is 0.881. The Kier molecular flexibility index (Phi) is 2.95. The van der Waals surface area contributed by atoms with Gasteiger partial charge in [-0.05, 0) is 37.1 Å². The van der Waals surface area contributed by atoms with Crippen molar-refractivity contribution in [3.63, 3.8) is 0 Å². The summed E-state index contributed by atoms with van der Waals surface area (Å²) in [6.07, 6.45) is 3.67. The number of aryl methyl sites for hydroxylation is 2. The standard InChI is InChI=1S/C13H14N2O2/c1-3-15-8-12(7-14-15)10-4-9(2)5-11(6-10)13(16)17/h4-8H,3H2,1-2H3,(H,16,17). The second-order valence-corrected chi connectivity index (χ2v) is 3.98. The number of hydrogen-bond acceptors (Lipinski definition) is 2. The maximum Gasteiger partial charge on any atom is 0.335 e. The number of carboxylic acids is 1. The molecule has 1 heterocycles. The molecule has 1 aromatic heterocycles. The molecule has 0 saturated heterocycles. The molecule has 0 fully saturated rings. The maximum atomic E-state index is 11.0. The Balaban J connectivity index is 2.47. The lowest BCUT2D eigenvalue weighted by molar-refractivity contribution is 0.0697. The number of carboxylic acid groups (broad SMARTS) is 1. The van der Waals surface area contributed by atoms with Crippen molar-refractivity contribution in [2.45, 2.75) is 20.4 Å². The average Bonchev–Trinajstić information content (AvgIpc) is 2.76. The minimum absolute atomic E-state index is 0.309. The van der Waals surface area contributed by atoms with Gasteiger partial charge in [-0.2, -0.15) is 5.10 Å². The lowest BCUT2D eigenvalue weighted by Crippen LogP contribution is -1.97. The molecule has 0 bridgehead atoms. The van der Waals surface area contributed by atoms with Gasteiger partial charge >= 0.3 is 5.97 Å². The summed E-state index contributed by atoms with van der Waals surface area (Å²) in [7, 11) is 0. The number of nitrogens with zero attached hydrogens (tertiary/aromatic N) is 2. The summed E-state index contributed by atoms with van der Waals surface area (Å²) in [6.45, 7) is 4.70. The number of hydrogen-bond donors (Lipinski definition) is 1. The van der Waals surface area contributed by atoms with E-state index in [1.807, 2.05) is 30.8 Å². The van der Waals surface area contributed by atoms with Crippen LogP contribution in [0.4, 0.5) is 0 Å². The van der Waals surface area contributed by atoms with Crippen LogP contribution in [-0.2, 0) is 6.54 Å². The van der Waals surface area contributed by atoms with Crippen LogP contribution in [0.5, 0.6) is 0 Å². The molecule has 0 aliphatic carbocycles. The highest BCUT2D eigenvalue weighted by Gasteiger charge is 2.08. The first-order valence-electron chi connectivity index (χ1n) is 5.48. The minimum Gasteiger partial charge on any atom is -0.478 e. The van der Waals surface area contributed by atoms with Gasteiger partial charge in [-0.3, -0.25) is 4.68 Å². The van der Waals surface area contributed by atoms with Crippen LogP contribution in [0, 0.1) is 6.92 Å². The molecule has 0 aliphatic rings. The fourth-order valence-corrected chi connectivity index (χ4v) is 1.76. The van der Waals surface area contributed by atoms with Crippen molar-refractivity contribution in [2.75, 3.05) is 0 Å². The molecule has 0 spiro atoms. The van der Waals surface area contributed by atoms with E-state index in [1.54, 1.807) is 18.3 Å². The molecule has 4 nitrogen and oxygen atoms in total. The summed E-state index contributed by atoms with van der Waals surface area (Å²) in [5.74, 6) is -0.905. The Morgan fingerprint density at radius 1 is 1.35 bits per heavy atom. The Labute approximate surface area is 99.5 Å². The van der Waals surface area contributed by atoms with Crippen molar-refractivity contribution >= 4 is 5.97 Å². The second-order valence-electron chi connectivity index (χ2n) is 3.98. The Morgan fingerprint density at radius 2 is 2.12 bits per heavy atom. The molecule has 88 valence electrons. The first kappa shape index (κ1) is 11.4. The number of aromatic carboxylic acids is 1. The van der Waals surface area contributed by atoms with E-state index in [4.69, 9.17) is 5.11 Å². The van der Waals surface area contributed by atoms with Gasteiger partial charge in [0.25, 0.3) is 0 Å². The molecule has 0 unspecified atom stereocenters. The highest BCUT2D eigenvalue weighted by molar-refractivity contribution is 5.89. The van der Waals surface area contributed by atoms with E-state index in [2.05, 4.69) is 5.10 Å². The lowest BCUT2D eigenvalue weighted by Gasteiger charge is -2.02. The number of rotatable bonds is 3. The van der Waals surface area contributed by atoms with Crippen molar-refractivity contribution in [2.24, 2.45) is 0 Å². The summed E-state index contributed by atoms with van der Waals surface area (Å²) in [5, 5.41) is 13.2. The third kappa shape index (κ3) is 2.36. The fourth-order valence-electron chi connectivity index (χ4n) is 1.76. The molecular weight excluding hydrogens is 216 g/mol. The summed E-state index contributed by atoms with van der Waals surface area (Å²) < 4.78 is 1.82. The Morgan fingerprint density at radius 3 is 2.71 bits per heavy atom. The van der Waals surface area contributed by atoms with Gasteiger partial charge in [0, 0.05) is 18.3 Å². The smallest absolute Gasteiger partial charge is 0.335 e. The topological polar surface area (TPSA) is 55.1 Å². The molecule has 17 heavy (non-hydrogen) atoms. The summed E-state index contributed by atoms with van der Waals surface area (Å²) >= 11 is 0. The zero-order chi connectivity index (χ0) is 12.4. The molecule has 4 heteroatoms. The molecule has 0 saturated carbocycles. The van der Waals surface area contributed by atoms with Gasteiger partial charge in [0.1, 0.15) is 0 Å². The van der Waals surface area contributed by atoms with Crippen molar-refractivity contribution in [3.8, 4) is 11.1 Å². The van der Waals surface area contributed by atoms with Crippen molar-refractivity contribution < 1.29 is 9.90 Å². The Bertz CT molecular complexity index is 558. The van der Waals surface area contributed by atoms with E-state index < -0.39 is 5.97 Å². The van der Waals surface area contributed by atoms with Crippen molar-refractivity contribution in [3.05, 3.63) is 41.7 Å². The highest BCUT2D eigenvalue weighted by atomic mass is 16.4. The Hall–Kier alpha value is -2.10. The second kappa shape index (κ2) is 4.41. The third-order valence-electron chi connectivity index (χ3n) is 2.61. The zero-order valence-corrected chi connectivity index (χ0v) is 9.84. The fraction of sp³-hybridized carbons (Fsp3) is 0.231. The predicted octanol–water partition coefficient (Wildman–Crippen LogP) is 2.58. The predicted molar refractivity (Wildman–Crippen MR) is 65.0 cm³/mol. The van der Waals surface area contributed by atoms with Gasteiger partial charge < -0.3 is 5.11 Å². The molecule has 2 aromatic rings. The van der Waals surface area contributed by atoms with E-state index in [9.17, 15) is 4.79 Å². The van der Waals surface area contributed by atoms with Gasteiger partial charge in [0.05, 0.1) is 11.8 Å². The van der Waals surface area contributed by atoms with Gasteiger partial charge in [-0.25, -0.2) is 4.79 Å². The van der Waals surface area contributed by atoms with Crippen molar-refractivity contribution in [1.29, 1.82) is 0 Å². The van der Waals surface area contributed by atoms with Crippen LogP contribution in [0.3, 0.4) is 0 Å². The number of aromatic nitrogens is 2. The van der Waals surface area contributed by atoms with E-state index in [1.165, 1.54) is 0 Å². The summed E-state index contributed by atoms with van der Waals surface area (Å²) in [6, 6.07) is 5.30. The van der Waals surface area contributed by atoms with Crippen LogP contribution >= 0.6 is 0 Å². The number of carbonyl (C=O) groups is 1. The molecule has 0 aliphatic heterocycles. The van der Waals surface area contributed by atoms with E-state index in [0.717, 1.165) is 23.2 Å². The molecule has 1 aromatic carbocycles. The van der Waals surface area contributed by atoms with Gasteiger partial charge in [-0.1, -0.05) is 6.07 Å². The van der Waals surface area contributed by atoms with Gasteiger partial charge in [-0.15, -0.1) is 0 Å². The summed E-state index contributed by atoms with van der Waals surface area (Å²) in [5.41, 5.74) is 3.08. The molecular formula is C13H14N2O2. The largest absolute Gasteiger partial charge is 0.478 e. The normalized spacial score (nSPS) is 10.5. The molecule has 0 radical (unpaired) electrons. The molecule has 0 atom stereocenters. The van der Waals surface area contributed by atoms with Crippen LogP contribution in [0.2, 0.25) is 0 Å². The van der Waals surface area contributed by atoms with Crippen LogP contribution in [0.25, 0.3) is 11.1 Å². The van der Waals surface area contributed by atoms with Crippen LogP contribution in [0.15, 0.2) is 30.6 Å². The first-order valence-corrected chi connectivity index (χ1v) is 5.48. The monoisotopic (exact) mass is 230 g/mol. The van der Waals surface area contributed by atoms with Crippen LogP contribution in [-0.4, -0.2) is 20.9 Å². The van der Waals surface area contributed by atoms with E-state index in [0.29, 0.717) is 5.56 Å². The third-order valence-corrected chi connectivity index (χ3v) is 2.61. The zero-order valence-electron chi connectivity index (χ0n) is 9.84. The first-order chi connectivity index (χ1) is 8.10. The van der Waals surface area contributed by atoms with Crippen LogP contribution in [0.1, 0.15) is 22.8 Å². The molecule has 1 N–H and O–H groups in total. The van der Waals surface area contributed by atoms with Gasteiger partial charge in [0.2, 0.25) is 0 Å². The molecule has 0 amide bonds.